The maximum Gasteiger partial charge on any atom is 0.191 e. The predicted octanol–water partition coefficient (Wildman–Crippen LogP) is 4.19. The molecule has 1 fully saturated rings. The van der Waals surface area contributed by atoms with E-state index in [2.05, 4.69) is 37.1 Å². The lowest BCUT2D eigenvalue weighted by atomic mass is 9.85. The van der Waals surface area contributed by atoms with Crippen molar-refractivity contribution in [2.24, 2.45) is 10.9 Å². The van der Waals surface area contributed by atoms with Gasteiger partial charge in [0.15, 0.2) is 11.6 Å². The van der Waals surface area contributed by atoms with Crippen LogP contribution in [0.1, 0.15) is 64.1 Å². The molecule has 0 aromatic carbocycles. The first-order chi connectivity index (χ1) is 13.3. The van der Waals surface area contributed by atoms with E-state index in [0.717, 1.165) is 42.7 Å². The van der Waals surface area contributed by atoms with Gasteiger partial charge in [-0.3, -0.25) is 9.39 Å². The first-order valence-corrected chi connectivity index (χ1v) is 10.5. The van der Waals surface area contributed by atoms with Crippen molar-refractivity contribution in [3.8, 4) is 0 Å². The Kier molecular flexibility index (Phi) is 10.0. The number of aliphatic imine (C=N–C) groups is 1. The SMILES string of the molecule is CN=C(NCCCc1nnc2ccccn12)NC(C)CCC1CCCCC1.I. The predicted molar refractivity (Wildman–Crippen MR) is 126 cm³/mol. The topological polar surface area (TPSA) is 66.6 Å². The molecule has 2 aromatic rings. The van der Waals surface area contributed by atoms with Crippen LogP contribution in [0.25, 0.3) is 5.65 Å². The van der Waals surface area contributed by atoms with E-state index in [1.807, 2.05) is 31.4 Å². The second kappa shape index (κ2) is 12.2. The highest BCUT2D eigenvalue weighted by molar-refractivity contribution is 14.0. The van der Waals surface area contributed by atoms with Gasteiger partial charge in [-0.25, -0.2) is 0 Å². The van der Waals surface area contributed by atoms with Crippen LogP contribution in [-0.4, -0.2) is 40.2 Å². The summed E-state index contributed by atoms with van der Waals surface area (Å²) in [4.78, 5) is 4.37. The van der Waals surface area contributed by atoms with Crippen molar-refractivity contribution in [1.29, 1.82) is 0 Å². The molecule has 0 amide bonds. The van der Waals surface area contributed by atoms with Gasteiger partial charge < -0.3 is 10.6 Å². The quantitative estimate of drug-likeness (QED) is 0.248. The Bertz CT molecular complexity index is 723. The van der Waals surface area contributed by atoms with Crippen molar-refractivity contribution in [3.63, 3.8) is 0 Å². The summed E-state index contributed by atoms with van der Waals surface area (Å²) < 4.78 is 2.06. The van der Waals surface area contributed by atoms with Gasteiger partial charge in [0, 0.05) is 32.3 Å². The van der Waals surface area contributed by atoms with E-state index in [9.17, 15) is 0 Å². The molecule has 156 valence electrons. The molecule has 0 aliphatic heterocycles. The molecule has 1 aliphatic rings. The van der Waals surface area contributed by atoms with Crippen LogP contribution in [0.4, 0.5) is 0 Å². The number of guanidine groups is 1. The summed E-state index contributed by atoms with van der Waals surface area (Å²) in [6, 6.07) is 6.44. The second-order valence-electron chi connectivity index (χ2n) is 7.77. The number of nitrogens with zero attached hydrogens (tertiary/aromatic N) is 4. The zero-order valence-corrected chi connectivity index (χ0v) is 19.6. The zero-order chi connectivity index (χ0) is 18.9. The van der Waals surface area contributed by atoms with E-state index in [-0.39, 0.29) is 24.0 Å². The minimum Gasteiger partial charge on any atom is -0.356 e. The summed E-state index contributed by atoms with van der Waals surface area (Å²) >= 11 is 0. The molecule has 0 saturated heterocycles. The third-order valence-electron chi connectivity index (χ3n) is 5.59. The number of nitrogens with one attached hydrogen (secondary N) is 2. The fraction of sp³-hybridized carbons (Fsp3) is 0.667. The van der Waals surface area contributed by atoms with Crippen molar-refractivity contribution < 1.29 is 0 Å². The number of rotatable bonds is 8. The number of hydrogen-bond acceptors (Lipinski definition) is 3. The molecule has 1 saturated carbocycles. The maximum atomic E-state index is 4.37. The van der Waals surface area contributed by atoms with Gasteiger partial charge in [-0.2, -0.15) is 0 Å². The smallest absolute Gasteiger partial charge is 0.191 e. The highest BCUT2D eigenvalue weighted by atomic mass is 127. The summed E-state index contributed by atoms with van der Waals surface area (Å²) in [5.41, 5.74) is 0.907. The van der Waals surface area contributed by atoms with E-state index < -0.39 is 0 Å². The van der Waals surface area contributed by atoms with E-state index >= 15 is 0 Å². The minimum absolute atomic E-state index is 0. The molecular formula is C21H35IN6. The molecule has 2 heterocycles. The highest BCUT2D eigenvalue weighted by Gasteiger charge is 2.15. The van der Waals surface area contributed by atoms with Gasteiger partial charge in [0.25, 0.3) is 0 Å². The summed E-state index contributed by atoms with van der Waals surface area (Å²) in [5, 5.41) is 15.5. The molecule has 28 heavy (non-hydrogen) atoms. The van der Waals surface area contributed by atoms with Crippen molar-refractivity contribution >= 4 is 35.6 Å². The van der Waals surface area contributed by atoms with Crippen molar-refractivity contribution in [2.45, 2.75) is 70.8 Å². The van der Waals surface area contributed by atoms with E-state index in [1.54, 1.807) is 0 Å². The Hall–Kier alpha value is -1.38. The summed E-state index contributed by atoms with van der Waals surface area (Å²) in [6.45, 7) is 3.13. The van der Waals surface area contributed by atoms with Crippen molar-refractivity contribution in [3.05, 3.63) is 30.2 Å². The monoisotopic (exact) mass is 498 g/mol. The molecule has 1 atom stereocenters. The maximum absolute atomic E-state index is 4.37. The molecule has 0 radical (unpaired) electrons. The highest BCUT2D eigenvalue weighted by Crippen LogP contribution is 2.27. The first kappa shape index (κ1) is 22.9. The molecule has 1 aliphatic carbocycles. The van der Waals surface area contributed by atoms with Crippen LogP contribution in [0.5, 0.6) is 0 Å². The van der Waals surface area contributed by atoms with Gasteiger partial charge in [-0.15, -0.1) is 34.2 Å². The molecule has 7 heteroatoms. The molecule has 0 spiro atoms. The summed E-state index contributed by atoms with van der Waals surface area (Å²) in [5.74, 6) is 2.85. The fourth-order valence-corrected chi connectivity index (χ4v) is 3.98. The molecule has 6 nitrogen and oxygen atoms in total. The van der Waals surface area contributed by atoms with Gasteiger partial charge >= 0.3 is 0 Å². The number of pyridine rings is 1. The lowest BCUT2D eigenvalue weighted by Gasteiger charge is -2.24. The van der Waals surface area contributed by atoms with Gasteiger partial charge in [0.05, 0.1) is 0 Å². The first-order valence-electron chi connectivity index (χ1n) is 10.5. The van der Waals surface area contributed by atoms with Crippen LogP contribution >= 0.6 is 24.0 Å². The van der Waals surface area contributed by atoms with Gasteiger partial charge in [0.1, 0.15) is 5.82 Å². The van der Waals surface area contributed by atoms with Gasteiger partial charge in [-0.05, 0) is 44.2 Å². The largest absolute Gasteiger partial charge is 0.356 e. The molecule has 1 unspecified atom stereocenters. The normalized spacial score (nSPS) is 16.6. The Balaban J connectivity index is 0.00000280. The molecular weight excluding hydrogens is 463 g/mol. The number of hydrogen-bond donors (Lipinski definition) is 2. The molecule has 2 aromatic heterocycles. The van der Waals surface area contributed by atoms with E-state index in [0.29, 0.717) is 6.04 Å². The van der Waals surface area contributed by atoms with Crippen LogP contribution in [0.2, 0.25) is 0 Å². The number of aryl methyl sites for hydroxylation is 1. The Labute approximate surface area is 186 Å². The molecule has 2 N–H and O–H groups in total. The van der Waals surface area contributed by atoms with Gasteiger partial charge in [-0.1, -0.05) is 38.2 Å². The average molecular weight is 498 g/mol. The second-order valence-corrected chi connectivity index (χ2v) is 7.77. The number of fused-ring (bicyclic) bond motifs is 1. The van der Waals surface area contributed by atoms with E-state index in [4.69, 9.17) is 0 Å². The summed E-state index contributed by atoms with van der Waals surface area (Å²) in [7, 11) is 1.84. The van der Waals surface area contributed by atoms with Crippen LogP contribution in [-0.2, 0) is 6.42 Å². The Morgan fingerprint density at radius 3 is 2.86 bits per heavy atom. The van der Waals surface area contributed by atoms with Crippen LogP contribution in [0.3, 0.4) is 0 Å². The lowest BCUT2D eigenvalue weighted by molar-refractivity contribution is 0.322. The van der Waals surface area contributed by atoms with Gasteiger partial charge in [0.2, 0.25) is 0 Å². The Morgan fingerprint density at radius 2 is 2.07 bits per heavy atom. The minimum atomic E-state index is 0. The van der Waals surface area contributed by atoms with Crippen molar-refractivity contribution in [2.75, 3.05) is 13.6 Å². The lowest BCUT2D eigenvalue weighted by Crippen LogP contribution is -2.42. The molecule has 0 bridgehead atoms. The zero-order valence-electron chi connectivity index (χ0n) is 17.2. The average Bonchev–Trinajstić information content (AvgIpc) is 3.12. The van der Waals surface area contributed by atoms with Crippen LogP contribution < -0.4 is 10.6 Å². The molecule has 3 rings (SSSR count). The summed E-state index contributed by atoms with van der Waals surface area (Å²) in [6.07, 6.45) is 13.6. The fourth-order valence-electron chi connectivity index (χ4n) is 3.98. The standard InChI is InChI=1S/C21H34N6.HI/c1-17(13-14-18-9-4-3-5-10-18)24-21(22-2)23-15-8-12-20-26-25-19-11-6-7-16-27(19)20;/h6-7,11,16-18H,3-5,8-10,12-15H2,1-2H3,(H2,22,23,24);1H. The third-order valence-corrected chi connectivity index (χ3v) is 5.59. The Morgan fingerprint density at radius 1 is 1.25 bits per heavy atom. The van der Waals surface area contributed by atoms with E-state index in [1.165, 1.54) is 44.9 Å². The number of aromatic nitrogens is 3. The van der Waals surface area contributed by atoms with Crippen molar-refractivity contribution in [1.82, 2.24) is 25.2 Å². The van der Waals surface area contributed by atoms with Crippen LogP contribution in [0, 0.1) is 5.92 Å². The third kappa shape index (κ3) is 6.90. The number of halogens is 1. The van der Waals surface area contributed by atoms with Crippen LogP contribution in [0.15, 0.2) is 29.4 Å².